The van der Waals surface area contributed by atoms with Gasteiger partial charge in [-0.3, -0.25) is 0 Å². The SMILES string of the molecule is CCCCP(c1ccccc1Cl)c1ccccc1Cl. The maximum atomic E-state index is 6.37. The molecular formula is C16H17Cl2P. The van der Waals surface area contributed by atoms with Crippen molar-refractivity contribution in [2.45, 2.75) is 19.8 Å². The first-order chi connectivity index (χ1) is 9.24. The maximum Gasteiger partial charge on any atom is 0.0486 e. The van der Waals surface area contributed by atoms with Crippen LogP contribution in [0.2, 0.25) is 10.0 Å². The Balaban J connectivity index is 2.42. The molecule has 0 nitrogen and oxygen atoms in total. The summed E-state index contributed by atoms with van der Waals surface area (Å²) in [6.07, 6.45) is 3.52. The Kier molecular flexibility index (Phi) is 5.70. The van der Waals surface area contributed by atoms with Crippen LogP contribution in [-0.2, 0) is 0 Å². The predicted molar refractivity (Wildman–Crippen MR) is 88.9 cm³/mol. The van der Waals surface area contributed by atoms with Gasteiger partial charge in [0.1, 0.15) is 0 Å². The Morgan fingerprint density at radius 3 is 1.74 bits per heavy atom. The highest BCUT2D eigenvalue weighted by molar-refractivity contribution is 7.73. The Morgan fingerprint density at radius 1 is 0.842 bits per heavy atom. The van der Waals surface area contributed by atoms with Crippen molar-refractivity contribution in [1.29, 1.82) is 0 Å². The van der Waals surface area contributed by atoms with Gasteiger partial charge in [0.05, 0.1) is 0 Å². The van der Waals surface area contributed by atoms with Gasteiger partial charge in [-0.2, -0.15) is 0 Å². The molecule has 2 aromatic carbocycles. The molecule has 0 aliphatic heterocycles. The standard InChI is InChI=1S/C16H17Cl2P/c1-2-3-12-19(15-10-6-4-8-13(15)17)16-11-7-5-9-14(16)18/h4-11H,2-3,12H2,1H3. The van der Waals surface area contributed by atoms with Crippen LogP contribution in [0, 0.1) is 0 Å². The van der Waals surface area contributed by atoms with Crippen molar-refractivity contribution in [2.24, 2.45) is 0 Å². The van der Waals surface area contributed by atoms with Crippen molar-refractivity contribution in [3.05, 3.63) is 58.6 Å². The van der Waals surface area contributed by atoms with E-state index in [0.717, 1.165) is 16.2 Å². The molecule has 19 heavy (non-hydrogen) atoms. The van der Waals surface area contributed by atoms with Crippen LogP contribution in [0.1, 0.15) is 19.8 Å². The minimum atomic E-state index is -0.462. The van der Waals surface area contributed by atoms with Gasteiger partial charge in [-0.25, -0.2) is 0 Å². The van der Waals surface area contributed by atoms with Crippen LogP contribution in [0.3, 0.4) is 0 Å². The molecule has 0 bridgehead atoms. The molecule has 2 rings (SSSR count). The van der Waals surface area contributed by atoms with Gasteiger partial charge in [0.15, 0.2) is 0 Å². The summed E-state index contributed by atoms with van der Waals surface area (Å²) >= 11 is 12.7. The second-order valence-electron chi connectivity index (χ2n) is 4.41. The molecule has 0 fully saturated rings. The molecule has 0 N–H and O–H groups in total. The van der Waals surface area contributed by atoms with E-state index in [1.807, 2.05) is 24.3 Å². The zero-order valence-corrected chi connectivity index (χ0v) is 13.3. The average Bonchev–Trinajstić information content (AvgIpc) is 2.42. The van der Waals surface area contributed by atoms with Gasteiger partial charge in [-0.1, -0.05) is 72.9 Å². The van der Waals surface area contributed by atoms with Crippen LogP contribution >= 0.6 is 31.1 Å². The Hall–Kier alpha value is -0.550. The molecule has 0 unspecified atom stereocenters. The van der Waals surface area contributed by atoms with Crippen molar-refractivity contribution >= 4 is 41.7 Å². The van der Waals surface area contributed by atoms with Gasteiger partial charge in [0.25, 0.3) is 0 Å². The quantitative estimate of drug-likeness (QED) is 0.664. The van der Waals surface area contributed by atoms with E-state index < -0.39 is 7.92 Å². The average molecular weight is 311 g/mol. The summed E-state index contributed by atoms with van der Waals surface area (Å²) in [7, 11) is -0.462. The lowest BCUT2D eigenvalue weighted by Crippen LogP contribution is -2.16. The molecule has 2 aromatic rings. The van der Waals surface area contributed by atoms with Crippen molar-refractivity contribution in [1.82, 2.24) is 0 Å². The summed E-state index contributed by atoms with van der Waals surface area (Å²) < 4.78 is 0. The molecule has 0 radical (unpaired) electrons. The Morgan fingerprint density at radius 2 is 1.32 bits per heavy atom. The molecule has 0 saturated heterocycles. The van der Waals surface area contributed by atoms with Crippen LogP contribution in [0.5, 0.6) is 0 Å². The normalized spacial score (nSPS) is 10.9. The number of hydrogen-bond donors (Lipinski definition) is 0. The van der Waals surface area contributed by atoms with Gasteiger partial charge in [0, 0.05) is 10.0 Å². The monoisotopic (exact) mass is 310 g/mol. The van der Waals surface area contributed by atoms with Crippen LogP contribution in [0.4, 0.5) is 0 Å². The fourth-order valence-corrected chi connectivity index (χ4v) is 5.48. The van der Waals surface area contributed by atoms with Gasteiger partial charge in [-0.05, 0) is 43.2 Å². The largest absolute Gasteiger partial charge is 0.0836 e. The second kappa shape index (κ2) is 7.29. The zero-order chi connectivity index (χ0) is 13.7. The fourth-order valence-electron chi connectivity index (χ4n) is 2.03. The topological polar surface area (TPSA) is 0 Å². The van der Waals surface area contributed by atoms with Crippen molar-refractivity contribution in [3.63, 3.8) is 0 Å². The summed E-state index contributed by atoms with van der Waals surface area (Å²) in [4.78, 5) is 0. The summed E-state index contributed by atoms with van der Waals surface area (Å²) in [5, 5.41) is 4.18. The van der Waals surface area contributed by atoms with E-state index in [-0.39, 0.29) is 0 Å². The van der Waals surface area contributed by atoms with E-state index in [1.54, 1.807) is 0 Å². The van der Waals surface area contributed by atoms with Gasteiger partial charge < -0.3 is 0 Å². The Bertz CT molecular complexity index is 494. The number of halogens is 2. The van der Waals surface area contributed by atoms with Crippen LogP contribution in [-0.4, -0.2) is 6.16 Å². The Labute approximate surface area is 126 Å². The summed E-state index contributed by atoms with van der Waals surface area (Å²) in [6.45, 7) is 2.21. The molecule has 0 aromatic heterocycles. The third-order valence-corrected chi connectivity index (χ3v) is 6.65. The third kappa shape index (κ3) is 3.72. The smallest absolute Gasteiger partial charge is 0.0486 e. The van der Waals surface area contributed by atoms with Crippen LogP contribution in [0.25, 0.3) is 0 Å². The van der Waals surface area contributed by atoms with Gasteiger partial charge in [-0.15, -0.1) is 0 Å². The van der Waals surface area contributed by atoms with E-state index in [1.165, 1.54) is 23.5 Å². The molecule has 0 amide bonds. The summed E-state index contributed by atoms with van der Waals surface area (Å²) in [6, 6.07) is 16.3. The van der Waals surface area contributed by atoms with E-state index in [2.05, 4.69) is 31.2 Å². The highest BCUT2D eigenvalue weighted by Gasteiger charge is 2.18. The summed E-state index contributed by atoms with van der Waals surface area (Å²) in [5.74, 6) is 0. The number of rotatable bonds is 5. The molecule has 0 saturated carbocycles. The number of benzene rings is 2. The van der Waals surface area contributed by atoms with E-state index >= 15 is 0 Å². The molecule has 0 aliphatic rings. The lowest BCUT2D eigenvalue weighted by molar-refractivity contribution is 0.894. The van der Waals surface area contributed by atoms with Crippen molar-refractivity contribution in [2.75, 3.05) is 6.16 Å². The maximum absolute atomic E-state index is 6.37. The fraction of sp³-hybridized carbons (Fsp3) is 0.250. The van der Waals surface area contributed by atoms with Gasteiger partial charge in [0.2, 0.25) is 0 Å². The van der Waals surface area contributed by atoms with Crippen molar-refractivity contribution < 1.29 is 0 Å². The zero-order valence-electron chi connectivity index (χ0n) is 10.9. The van der Waals surface area contributed by atoms with Crippen LogP contribution in [0.15, 0.2) is 48.5 Å². The van der Waals surface area contributed by atoms with Crippen molar-refractivity contribution in [3.8, 4) is 0 Å². The molecule has 0 aliphatic carbocycles. The molecule has 3 heteroatoms. The van der Waals surface area contributed by atoms with E-state index in [0.29, 0.717) is 0 Å². The highest BCUT2D eigenvalue weighted by Crippen LogP contribution is 2.39. The molecular weight excluding hydrogens is 294 g/mol. The molecule has 0 spiro atoms. The number of unbranched alkanes of at least 4 members (excludes halogenated alkanes) is 1. The lowest BCUT2D eigenvalue weighted by atomic mass is 10.4. The first-order valence-electron chi connectivity index (χ1n) is 6.50. The minimum absolute atomic E-state index is 0.462. The minimum Gasteiger partial charge on any atom is -0.0836 e. The van der Waals surface area contributed by atoms with Gasteiger partial charge >= 0.3 is 0 Å². The van der Waals surface area contributed by atoms with E-state index in [9.17, 15) is 0 Å². The molecule has 0 heterocycles. The van der Waals surface area contributed by atoms with E-state index in [4.69, 9.17) is 23.2 Å². The third-order valence-electron chi connectivity index (χ3n) is 3.02. The first-order valence-corrected chi connectivity index (χ1v) is 8.79. The first kappa shape index (κ1) is 14.9. The number of hydrogen-bond acceptors (Lipinski definition) is 0. The molecule has 0 atom stereocenters. The molecule has 100 valence electrons. The lowest BCUT2D eigenvalue weighted by Gasteiger charge is -2.20. The predicted octanol–water partition coefficient (Wildman–Crippen LogP) is 5.23. The van der Waals surface area contributed by atoms with Crippen LogP contribution < -0.4 is 10.6 Å². The highest BCUT2D eigenvalue weighted by atomic mass is 35.5. The summed E-state index contributed by atoms with van der Waals surface area (Å²) in [5.41, 5.74) is 0. The second-order valence-corrected chi connectivity index (χ2v) is 7.49.